The first-order valence-electron chi connectivity index (χ1n) is 7.90. The molecule has 0 aromatic heterocycles. The Morgan fingerprint density at radius 1 is 1.35 bits per heavy atom. The van der Waals surface area contributed by atoms with E-state index in [1.54, 1.807) is 11.9 Å². The Hall–Kier alpha value is -1.59. The van der Waals surface area contributed by atoms with E-state index in [2.05, 4.69) is 5.32 Å². The molecule has 1 atom stereocenters. The van der Waals surface area contributed by atoms with E-state index in [1.807, 2.05) is 24.3 Å². The van der Waals surface area contributed by atoms with Gasteiger partial charge in [0.05, 0.1) is 11.5 Å². The molecule has 0 spiro atoms. The van der Waals surface area contributed by atoms with Gasteiger partial charge in [-0.25, -0.2) is 0 Å². The Labute approximate surface area is 140 Å². The average molecular weight is 337 g/mol. The molecule has 2 heterocycles. The molecule has 3 rings (SSSR count). The Bertz CT molecular complexity index is 614. The lowest BCUT2D eigenvalue weighted by Gasteiger charge is -2.37. The normalized spacial score (nSPS) is 23.8. The maximum Gasteiger partial charge on any atom is 0.231 e. The fourth-order valence-electron chi connectivity index (χ4n) is 3.47. The summed E-state index contributed by atoms with van der Waals surface area (Å²) in [4.78, 5) is 26.4. The summed E-state index contributed by atoms with van der Waals surface area (Å²) < 4.78 is 5.45. The molecule has 0 bridgehead atoms. The molecule has 23 heavy (non-hydrogen) atoms. The molecule has 2 aliphatic heterocycles. The van der Waals surface area contributed by atoms with Crippen LogP contribution in [0.4, 0.5) is 0 Å². The summed E-state index contributed by atoms with van der Waals surface area (Å²) in [5.41, 5.74) is 0.168. The molecule has 0 aliphatic carbocycles. The number of rotatable bonds is 3. The highest BCUT2D eigenvalue weighted by Gasteiger charge is 2.44. The predicted molar refractivity (Wildman–Crippen MR) is 87.4 cm³/mol. The molecule has 1 N–H and O–H groups in total. The van der Waals surface area contributed by atoms with E-state index in [0.717, 1.165) is 5.56 Å². The predicted octanol–water partition coefficient (Wildman–Crippen LogP) is 1.74. The monoisotopic (exact) mass is 336 g/mol. The molecule has 2 aliphatic rings. The van der Waals surface area contributed by atoms with Crippen LogP contribution in [0.25, 0.3) is 0 Å². The lowest BCUT2D eigenvalue weighted by atomic mass is 9.73. The van der Waals surface area contributed by atoms with Crippen molar-refractivity contribution in [2.45, 2.75) is 30.7 Å². The highest BCUT2D eigenvalue weighted by Crippen LogP contribution is 2.39. The van der Waals surface area contributed by atoms with Gasteiger partial charge in [-0.1, -0.05) is 29.8 Å². The average Bonchev–Trinajstić information content (AvgIpc) is 2.86. The van der Waals surface area contributed by atoms with E-state index < -0.39 is 5.41 Å². The van der Waals surface area contributed by atoms with E-state index in [4.69, 9.17) is 16.3 Å². The van der Waals surface area contributed by atoms with Gasteiger partial charge < -0.3 is 15.0 Å². The summed E-state index contributed by atoms with van der Waals surface area (Å²) in [7, 11) is 1.76. The van der Waals surface area contributed by atoms with E-state index in [-0.39, 0.29) is 17.9 Å². The summed E-state index contributed by atoms with van der Waals surface area (Å²) in [6, 6.07) is 7.36. The van der Waals surface area contributed by atoms with Crippen molar-refractivity contribution in [1.82, 2.24) is 10.2 Å². The minimum absolute atomic E-state index is 0.0537. The van der Waals surface area contributed by atoms with Crippen LogP contribution in [0.1, 0.15) is 24.8 Å². The van der Waals surface area contributed by atoms with Crippen LogP contribution in [0.3, 0.4) is 0 Å². The number of carbonyl (C=O) groups excluding carboxylic acids is 2. The van der Waals surface area contributed by atoms with E-state index in [9.17, 15) is 9.59 Å². The fourth-order valence-corrected chi connectivity index (χ4v) is 3.79. The van der Waals surface area contributed by atoms with Crippen LogP contribution < -0.4 is 5.32 Å². The van der Waals surface area contributed by atoms with Gasteiger partial charge in [0.1, 0.15) is 0 Å². The number of carbonyl (C=O) groups is 2. The maximum atomic E-state index is 13.1. The van der Waals surface area contributed by atoms with Gasteiger partial charge in [-0.15, -0.1) is 0 Å². The Morgan fingerprint density at radius 3 is 2.65 bits per heavy atom. The number of benzene rings is 1. The zero-order valence-electron chi connectivity index (χ0n) is 13.2. The van der Waals surface area contributed by atoms with Crippen molar-refractivity contribution in [2.75, 3.05) is 26.8 Å². The molecule has 0 unspecified atom stereocenters. The first-order valence-corrected chi connectivity index (χ1v) is 8.28. The molecule has 6 heteroatoms. The largest absolute Gasteiger partial charge is 0.381 e. The van der Waals surface area contributed by atoms with Gasteiger partial charge >= 0.3 is 0 Å². The molecule has 2 fully saturated rings. The zero-order chi connectivity index (χ0) is 16.4. The quantitative estimate of drug-likeness (QED) is 0.914. The summed E-state index contributed by atoms with van der Waals surface area (Å²) in [6.07, 6.45) is 1.55. The second-order valence-corrected chi connectivity index (χ2v) is 6.73. The molecular weight excluding hydrogens is 316 g/mol. The standard InChI is InChI=1S/C17H21ClN2O3/c1-20-11-12(10-15(20)21)19-16(22)17(6-8-23-9-7-17)13-4-2-3-5-14(13)18/h2-5,12H,6-11H2,1H3,(H,19,22)/t12-/m0/s1. The summed E-state index contributed by atoms with van der Waals surface area (Å²) in [5.74, 6) is 0.0103. The van der Waals surface area contributed by atoms with Crippen molar-refractivity contribution in [3.8, 4) is 0 Å². The van der Waals surface area contributed by atoms with Crippen molar-refractivity contribution in [3.05, 3.63) is 34.9 Å². The minimum Gasteiger partial charge on any atom is -0.381 e. The number of hydrogen-bond acceptors (Lipinski definition) is 3. The van der Waals surface area contributed by atoms with Crippen LogP contribution in [0, 0.1) is 0 Å². The number of nitrogens with one attached hydrogen (secondary N) is 1. The van der Waals surface area contributed by atoms with Crippen molar-refractivity contribution in [3.63, 3.8) is 0 Å². The van der Waals surface area contributed by atoms with E-state index in [1.165, 1.54) is 0 Å². The lowest BCUT2D eigenvalue weighted by Crippen LogP contribution is -2.51. The zero-order valence-corrected chi connectivity index (χ0v) is 13.9. The van der Waals surface area contributed by atoms with Gasteiger partial charge in [0.15, 0.2) is 0 Å². The molecule has 0 radical (unpaired) electrons. The summed E-state index contributed by atoms with van der Waals surface area (Å²) >= 11 is 6.37. The van der Waals surface area contributed by atoms with Crippen LogP contribution in [0.15, 0.2) is 24.3 Å². The number of hydrogen-bond donors (Lipinski definition) is 1. The minimum atomic E-state index is -0.680. The number of likely N-dealkylation sites (N-methyl/N-ethyl adjacent to an activating group) is 1. The number of likely N-dealkylation sites (tertiary alicyclic amines) is 1. The first kappa shape index (κ1) is 16.3. The number of halogens is 1. The molecular formula is C17H21ClN2O3. The third-order valence-corrected chi connectivity index (χ3v) is 5.18. The van der Waals surface area contributed by atoms with Gasteiger partial charge in [-0.05, 0) is 24.5 Å². The van der Waals surface area contributed by atoms with Gasteiger partial charge in [0.25, 0.3) is 0 Å². The van der Waals surface area contributed by atoms with Gasteiger partial charge in [0.2, 0.25) is 11.8 Å². The number of nitrogens with zero attached hydrogens (tertiary/aromatic N) is 1. The maximum absolute atomic E-state index is 13.1. The molecule has 2 amide bonds. The third-order valence-electron chi connectivity index (χ3n) is 4.85. The van der Waals surface area contributed by atoms with Crippen LogP contribution in [-0.4, -0.2) is 49.6 Å². The highest BCUT2D eigenvalue weighted by atomic mass is 35.5. The Morgan fingerprint density at radius 2 is 2.04 bits per heavy atom. The fraction of sp³-hybridized carbons (Fsp3) is 0.529. The van der Waals surface area contributed by atoms with Crippen LogP contribution in [0.5, 0.6) is 0 Å². The number of ether oxygens (including phenoxy) is 1. The van der Waals surface area contributed by atoms with Crippen LogP contribution >= 0.6 is 11.6 Å². The molecule has 2 saturated heterocycles. The third kappa shape index (κ3) is 3.08. The second kappa shape index (κ2) is 6.49. The molecule has 1 aromatic carbocycles. The Kier molecular flexibility index (Phi) is 4.60. The second-order valence-electron chi connectivity index (χ2n) is 6.32. The molecule has 124 valence electrons. The van der Waals surface area contributed by atoms with E-state index >= 15 is 0 Å². The topological polar surface area (TPSA) is 58.6 Å². The highest BCUT2D eigenvalue weighted by molar-refractivity contribution is 6.31. The molecule has 5 nitrogen and oxygen atoms in total. The van der Waals surface area contributed by atoms with Crippen molar-refractivity contribution in [1.29, 1.82) is 0 Å². The SMILES string of the molecule is CN1C[C@@H](NC(=O)C2(c3ccccc3Cl)CCOCC2)CC1=O. The lowest BCUT2D eigenvalue weighted by molar-refractivity contribution is -0.131. The van der Waals surface area contributed by atoms with Gasteiger partial charge in [-0.3, -0.25) is 9.59 Å². The molecule has 0 saturated carbocycles. The molecule has 1 aromatic rings. The van der Waals surface area contributed by atoms with Crippen molar-refractivity contribution >= 4 is 23.4 Å². The van der Waals surface area contributed by atoms with Gasteiger partial charge in [-0.2, -0.15) is 0 Å². The summed E-state index contributed by atoms with van der Waals surface area (Å²) in [6.45, 7) is 1.62. The van der Waals surface area contributed by atoms with E-state index in [0.29, 0.717) is 44.0 Å². The number of amides is 2. The first-order chi connectivity index (χ1) is 11.0. The smallest absolute Gasteiger partial charge is 0.231 e. The Balaban J connectivity index is 1.86. The van der Waals surface area contributed by atoms with Crippen molar-refractivity contribution in [2.24, 2.45) is 0 Å². The van der Waals surface area contributed by atoms with Crippen molar-refractivity contribution < 1.29 is 14.3 Å². The van der Waals surface area contributed by atoms with Crippen LogP contribution in [0.2, 0.25) is 5.02 Å². The van der Waals surface area contributed by atoms with Gasteiger partial charge in [0, 0.05) is 38.2 Å². The van der Waals surface area contributed by atoms with Crippen LogP contribution in [-0.2, 0) is 19.7 Å². The summed E-state index contributed by atoms with van der Waals surface area (Å²) in [5, 5.41) is 3.66.